The van der Waals surface area contributed by atoms with Crippen molar-refractivity contribution >= 4 is 22.5 Å². The van der Waals surface area contributed by atoms with Gasteiger partial charge in [0.15, 0.2) is 0 Å². The van der Waals surface area contributed by atoms with Crippen LogP contribution in [0.25, 0.3) is 28.2 Å². The zero-order valence-electron chi connectivity index (χ0n) is 17.0. The van der Waals surface area contributed by atoms with E-state index in [0.717, 1.165) is 41.0 Å². The van der Waals surface area contributed by atoms with E-state index >= 15 is 0 Å². The molecule has 4 nitrogen and oxygen atoms in total. The molecule has 0 spiro atoms. The van der Waals surface area contributed by atoms with Crippen molar-refractivity contribution in [2.75, 3.05) is 0 Å². The fourth-order valence-electron chi connectivity index (χ4n) is 3.60. The van der Waals surface area contributed by atoms with Crippen molar-refractivity contribution in [3.63, 3.8) is 0 Å². The second kappa shape index (κ2) is 8.36. The summed E-state index contributed by atoms with van der Waals surface area (Å²) in [7, 11) is 0. The van der Waals surface area contributed by atoms with Crippen molar-refractivity contribution in [2.45, 2.75) is 12.4 Å². The highest BCUT2D eigenvalue weighted by Crippen LogP contribution is 2.38. The van der Waals surface area contributed by atoms with E-state index in [1.807, 2.05) is 0 Å². The topological polar surface area (TPSA) is 54.6 Å². The lowest BCUT2D eigenvalue weighted by Gasteiger charge is -2.13. The maximum absolute atomic E-state index is 13.3. The molecule has 0 aliphatic carbocycles. The van der Waals surface area contributed by atoms with Crippen molar-refractivity contribution in [3.05, 3.63) is 100 Å². The molecular formula is C24H14F6N2O2. The van der Waals surface area contributed by atoms with E-state index in [0.29, 0.717) is 10.8 Å². The van der Waals surface area contributed by atoms with Gasteiger partial charge in [0.1, 0.15) is 5.70 Å². The minimum atomic E-state index is -4.63. The minimum Gasteiger partial charge on any atom is -0.494 e. The maximum atomic E-state index is 13.3. The normalized spacial score (nSPS) is 12.8. The van der Waals surface area contributed by atoms with Crippen LogP contribution in [0.15, 0.2) is 78.0 Å². The molecule has 0 fully saturated rings. The predicted octanol–water partition coefficient (Wildman–Crippen LogP) is 7.64. The van der Waals surface area contributed by atoms with Crippen molar-refractivity contribution in [1.82, 2.24) is 4.57 Å². The van der Waals surface area contributed by atoms with Crippen molar-refractivity contribution in [3.8, 4) is 11.6 Å². The van der Waals surface area contributed by atoms with E-state index in [9.17, 15) is 36.4 Å². The number of hydrogen-bond acceptors (Lipinski definition) is 3. The Kier molecular flexibility index (Phi) is 5.68. The van der Waals surface area contributed by atoms with Crippen LogP contribution in [0.4, 0.5) is 26.3 Å². The molecule has 3 aromatic carbocycles. The molecule has 1 heterocycles. The summed E-state index contributed by atoms with van der Waals surface area (Å²) in [5.41, 5.74) is -1.99. The van der Waals surface area contributed by atoms with E-state index in [1.54, 1.807) is 18.2 Å². The second-order valence-electron chi connectivity index (χ2n) is 7.33. The SMILES string of the molecule is O=N/C(=C\c1c2ccccc2c(O)n1-c1cccc(C(F)(F)F)c1)c1ccc(C(F)(F)F)cc1. The summed E-state index contributed by atoms with van der Waals surface area (Å²) in [6.45, 7) is 0. The van der Waals surface area contributed by atoms with Gasteiger partial charge in [0.05, 0.1) is 16.8 Å². The van der Waals surface area contributed by atoms with E-state index in [1.165, 1.54) is 24.3 Å². The zero-order valence-corrected chi connectivity index (χ0v) is 17.0. The highest BCUT2D eigenvalue weighted by atomic mass is 19.4. The number of rotatable bonds is 4. The third kappa shape index (κ3) is 4.26. The zero-order chi connectivity index (χ0) is 24.7. The van der Waals surface area contributed by atoms with Crippen LogP contribution in [0.2, 0.25) is 0 Å². The number of hydrogen-bond donors (Lipinski definition) is 1. The third-order valence-corrected chi connectivity index (χ3v) is 5.21. The molecule has 34 heavy (non-hydrogen) atoms. The van der Waals surface area contributed by atoms with E-state index in [2.05, 4.69) is 5.18 Å². The first kappa shape index (κ1) is 23.1. The van der Waals surface area contributed by atoms with Gasteiger partial charge in [-0.15, -0.1) is 4.91 Å². The Morgan fingerprint density at radius 2 is 1.41 bits per heavy atom. The molecule has 1 aromatic heterocycles. The van der Waals surface area contributed by atoms with Crippen LogP contribution in [0.5, 0.6) is 5.88 Å². The van der Waals surface area contributed by atoms with Gasteiger partial charge in [0.2, 0.25) is 5.88 Å². The highest BCUT2D eigenvalue weighted by Gasteiger charge is 2.31. The number of aromatic hydroxyl groups is 1. The largest absolute Gasteiger partial charge is 0.494 e. The van der Waals surface area contributed by atoms with Gasteiger partial charge in [-0.05, 0) is 47.7 Å². The molecule has 174 valence electrons. The Hall–Kier alpha value is -4.08. The summed E-state index contributed by atoms with van der Waals surface area (Å²) in [5.74, 6) is -0.376. The average Bonchev–Trinajstić information content (AvgIpc) is 3.08. The molecule has 0 aliphatic heterocycles. The van der Waals surface area contributed by atoms with Gasteiger partial charge in [-0.25, -0.2) is 0 Å². The number of halogens is 6. The molecule has 1 N–H and O–H groups in total. The Labute approximate surface area is 188 Å². The Bertz CT molecular complexity index is 1400. The predicted molar refractivity (Wildman–Crippen MR) is 115 cm³/mol. The summed E-state index contributed by atoms with van der Waals surface area (Å²) in [4.78, 5) is 11.6. The summed E-state index contributed by atoms with van der Waals surface area (Å²) < 4.78 is 79.6. The first-order valence-electron chi connectivity index (χ1n) is 9.73. The highest BCUT2D eigenvalue weighted by molar-refractivity contribution is 5.99. The van der Waals surface area contributed by atoms with Gasteiger partial charge >= 0.3 is 12.4 Å². The maximum Gasteiger partial charge on any atom is 0.416 e. The van der Waals surface area contributed by atoms with E-state index < -0.39 is 23.5 Å². The average molecular weight is 476 g/mol. The number of alkyl halides is 6. The van der Waals surface area contributed by atoms with Gasteiger partial charge in [0.25, 0.3) is 0 Å². The van der Waals surface area contributed by atoms with E-state index in [4.69, 9.17) is 0 Å². The van der Waals surface area contributed by atoms with Crippen LogP contribution in [0.1, 0.15) is 22.4 Å². The molecule has 0 saturated carbocycles. The third-order valence-electron chi connectivity index (χ3n) is 5.21. The molecule has 0 bridgehead atoms. The van der Waals surface area contributed by atoms with E-state index in [-0.39, 0.29) is 28.5 Å². The fraction of sp³-hybridized carbons (Fsp3) is 0.0833. The Morgan fingerprint density at radius 1 is 0.794 bits per heavy atom. The van der Waals surface area contributed by atoms with Crippen LogP contribution >= 0.6 is 0 Å². The van der Waals surface area contributed by atoms with Gasteiger partial charge in [-0.1, -0.05) is 36.4 Å². The van der Waals surface area contributed by atoms with Crippen LogP contribution < -0.4 is 0 Å². The number of nitrogens with zero attached hydrogens (tertiary/aromatic N) is 2. The summed E-state index contributed by atoms with van der Waals surface area (Å²) in [5, 5.41) is 14.4. The Morgan fingerprint density at radius 3 is 2.00 bits per heavy atom. The quantitative estimate of drug-likeness (QED) is 0.243. The summed E-state index contributed by atoms with van der Waals surface area (Å²) >= 11 is 0. The molecule has 0 saturated heterocycles. The molecule has 0 atom stereocenters. The number of fused-ring (bicyclic) bond motifs is 1. The second-order valence-corrected chi connectivity index (χ2v) is 7.33. The first-order valence-corrected chi connectivity index (χ1v) is 9.73. The molecule has 0 radical (unpaired) electrons. The molecule has 4 rings (SSSR count). The molecular weight excluding hydrogens is 462 g/mol. The monoisotopic (exact) mass is 476 g/mol. The van der Waals surface area contributed by atoms with Gasteiger partial charge < -0.3 is 5.11 Å². The van der Waals surface area contributed by atoms with Crippen molar-refractivity contribution in [1.29, 1.82) is 0 Å². The molecule has 0 unspecified atom stereocenters. The minimum absolute atomic E-state index is 0.0348. The fourth-order valence-corrected chi connectivity index (χ4v) is 3.60. The lowest BCUT2D eigenvalue weighted by Crippen LogP contribution is -2.06. The van der Waals surface area contributed by atoms with Crippen LogP contribution in [0, 0.1) is 4.91 Å². The lowest BCUT2D eigenvalue weighted by molar-refractivity contribution is -0.138. The van der Waals surface area contributed by atoms with Crippen LogP contribution in [-0.4, -0.2) is 9.67 Å². The molecule has 10 heteroatoms. The van der Waals surface area contributed by atoms with Crippen LogP contribution in [0.3, 0.4) is 0 Å². The standard InChI is InChI=1S/C24H14F6N2O2/c25-23(26,27)15-10-8-14(9-11-15)20(31-34)13-21-18-6-1-2-7-19(18)22(33)32(21)17-5-3-4-16(12-17)24(28,29)30/h1-13,33H/b20-13-. The lowest BCUT2D eigenvalue weighted by atomic mass is 10.1. The van der Waals surface area contributed by atoms with Gasteiger partial charge in [-0.2, -0.15) is 26.3 Å². The van der Waals surface area contributed by atoms with Crippen LogP contribution in [-0.2, 0) is 12.4 Å². The smallest absolute Gasteiger partial charge is 0.416 e. The summed E-state index contributed by atoms with van der Waals surface area (Å²) in [6, 6.07) is 14.3. The first-order chi connectivity index (χ1) is 16.0. The molecule has 4 aromatic rings. The van der Waals surface area contributed by atoms with Crippen molar-refractivity contribution in [2.24, 2.45) is 5.18 Å². The van der Waals surface area contributed by atoms with Crippen molar-refractivity contribution < 1.29 is 31.4 Å². The number of benzene rings is 3. The Balaban J connectivity index is 1.94. The van der Waals surface area contributed by atoms with Gasteiger partial charge in [0, 0.05) is 22.0 Å². The molecule has 0 amide bonds. The number of aromatic nitrogens is 1. The summed E-state index contributed by atoms with van der Waals surface area (Å²) in [6.07, 6.45) is -8.00. The van der Waals surface area contributed by atoms with Gasteiger partial charge in [-0.3, -0.25) is 4.57 Å². The molecule has 0 aliphatic rings. The number of nitroso groups, excluding NO2 is 1.